The first-order valence-corrected chi connectivity index (χ1v) is 28.2. The third-order valence-corrected chi connectivity index (χ3v) is 17.1. The molecule has 4 heteroatoms. The SMILES string of the molecule is c1ccc(-c2ccc(-c3cc(-c4ccc(C5(c6ccc(-c7cc(-n8c9ccccc9c9ccccc98)cc(-n8c9ccccc9c9ccccc98)c7)cc6)CCCCC5)cc4)nc(-c4ccc(-c5ccccc5)cc4)n3)cc2)cc1. The molecule has 0 atom stereocenters. The summed E-state index contributed by atoms with van der Waals surface area (Å²) in [7, 11) is 0. The third-order valence-electron chi connectivity index (χ3n) is 17.1. The molecule has 1 fully saturated rings. The van der Waals surface area contributed by atoms with E-state index < -0.39 is 0 Å². The fraction of sp³-hybridized carbons (Fsp3) is 0.0789. The van der Waals surface area contributed by atoms with Crippen molar-refractivity contribution < 1.29 is 0 Å². The molecule has 3 heterocycles. The highest BCUT2D eigenvalue weighted by Crippen LogP contribution is 2.47. The summed E-state index contributed by atoms with van der Waals surface area (Å²) in [5.74, 6) is 0.708. The Morgan fingerprint density at radius 1 is 0.263 bits per heavy atom. The Morgan fingerprint density at radius 3 is 1.01 bits per heavy atom. The lowest BCUT2D eigenvalue weighted by atomic mass is 9.65. The lowest BCUT2D eigenvalue weighted by molar-refractivity contribution is 0.346. The second-order valence-electron chi connectivity index (χ2n) is 21.6. The molecule has 1 aliphatic carbocycles. The van der Waals surface area contributed by atoms with Crippen LogP contribution in [0.25, 0.3) is 122 Å². The van der Waals surface area contributed by atoms with E-state index in [1.807, 2.05) is 0 Å². The van der Waals surface area contributed by atoms with Crippen molar-refractivity contribution in [3.05, 3.63) is 290 Å². The first-order valence-electron chi connectivity index (χ1n) is 28.2. The highest BCUT2D eigenvalue weighted by molar-refractivity contribution is 6.11. The molecule has 0 radical (unpaired) electrons. The third kappa shape index (κ3) is 8.31. The second kappa shape index (κ2) is 19.8. The van der Waals surface area contributed by atoms with E-state index >= 15 is 0 Å². The molecule has 380 valence electrons. The first kappa shape index (κ1) is 47.3. The van der Waals surface area contributed by atoms with Crippen LogP contribution in [0.1, 0.15) is 43.2 Å². The molecule has 0 spiro atoms. The van der Waals surface area contributed by atoms with E-state index in [9.17, 15) is 0 Å². The molecular formula is C76H56N4. The van der Waals surface area contributed by atoms with Crippen molar-refractivity contribution in [2.24, 2.45) is 0 Å². The van der Waals surface area contributed by atoms with E-state index in [0.717, 1.165) is 52.3 Å². The molecule has 0 saturated heterocycles. The van der Waals surface area contributed by atoms with Crippen LogP contribution in [-0.2, 0) is 5.41 Å². The van der Waals surface area contributed by atoms with Gasteiger partial charge in [-0.15, -0.1) is 0 Å². The maximum atomic E-state index is 5.31. The van der Waals surface area contributed by atoms with Gasteiger partial charge < -0.3 is 9.13 Å². The van der Waals surface area contributed by atoms with Gasteiger partial charge in [-0.1, -0.05) is 250 Å². The van der Waals surface area contributed by atoms with Crippen LogP contribution < -0.4 is 0 Å². The van der Waals surface area contributed by atoms with Gasteiger partial charge in [-0.05, 0) is 106 Å². The molecule has 0 unspecified atom stereocenters. The number of fused-ring (bicyclic) bond motifs is 6. The fourth-order valence-corrected chi connectivity index (χ4v) is 13.0. The van der Waals surface area contributed by atoms with Crippen molar-refractivity contribution in [3.63, 3.8) is 0 Å². The number of nitrogens with zero attached hydrogens (tertiary/aromatic N) is 4. The van der Waals surface area contributed by atoms with Crippen LogP contribution >= 0.6 is 0 Å². The molecule has 4 nitrogen and oxygen atoms in total. The Morgan fingerprint density at radius 2 is 0.588 bits per heavy atom. The summed E-state index contributed by atoms with van der Waals surface area (Å²) in [6, 6.07) is 102. The minimum absolute atomic E-state index is 0.114. The van der Waals surface area contributed by atoms with E-state index in [-0.39, 0.29) is 5.41 Å². The number of para-hydroxylation sites is 4. The molecule has 15 rings (SSSR count). The van der Waals surface area contributed by atoms with Crippen molar-refractivity contribution in [1.29, 1.82) is 0 Å². The quantitative estimate of drug-likeness (QED) is 0.137. The first-order chi connectivity index (χ1) is 39.6. The van der Waals surface area contributed by atoms with Gasteiger partial charge in [0, 0.05) is 55.0 Å². The van der Waals surface area contributed by atoms with Crippen molar-refractivity contribution in [1.82, 2.24) is 19.1 Å². The van der Waals surface area contributed by atoms with Crippen LogP contribution in [0.5, 0.6) is 0 Å². The molecule has 11 aromatic carbocycles. The number of rotatable bonds is 10. The van der Waals surface area contributed by atoms with Crippen LogP contribution in [0.2, 0.25) is 0 Å². The summed E-state index contributed by atoms with van der Waals surface area (Å²) in [6.07, 6.45) is 5.85. The largest absolute Gasteiger partial charge is 0.309 e. The number of hydrogen-bond acceptors (Lipinski definition) is 2. The molecule has 1 aliphatic rings. The van der Waals surface area contributed by atoms with Gasteiger partial charge in [-0.3, -0.25) is 0 Å². The van der Waals surface area contributed by atoms with E-state index in [4.69, 9.17) is 9.97 Å². The molecule has 14 aromatic rings. The summed E-state index contributed by atoms with van der Waals surface area (Å²) in [5.41, 5.74) is 21.7. The van der Waals surface area contributed by atoms with Gasteiger partial charge in [-0.2, -0.15) is 0 Å². The minimum atomic E-state index is -0.114. The Labute approximate surface area is 466 Å². The van der Waals surface area contributed by atoms with Crippen LogP contribution in [0.15, 0.2) is 279 Å². The predicted molar refractivity (Wildman–Crippen MR) is 334 cm³/mol. The zero-order valence-corrected chi connectivity index (χ0v) is 44.4. The maximum Gasteiger partial charge on any atom is 0.160 e. The molecule has 0 N–H and O–H groups in total. The van der Waals surface area contributed by atoms with Gasteiger partial charge in [0.2, 0.25) is 0 Å². The Bertz CT molecular complexity index is 4230. The average molecular weight is 1030 g/mol. The van der Waals surface area contributed by atoms with Crippen LogP contribution in [-0.4, -0.2) is 19.1 Å². The number of hydrogen-bond donors (Lipinski definition) is 0. The van der Waals surface area contributed by atoms with E-state index in [2.05, 4.69) is 288 Å². The molecule has 3 aromatic heterocycles. The van der Waals surface area contributed by atoms with E-state index in [0.29, 0.717) is 5.82 Å². The fourth-order valence-electron chi connectivity index (χ4n) is 13.0. The van der Waals surface area contributed by atoms with Gasteiger partial charge in [0.25, 0.3) is 0 Å². The lowest BCUT2D eigenvalue weighted by Gasteiger charge is -2.39. The smallest absolute Gasteiger partial charge is 0.160 e. The van der Waals surface area contributed by atoms with Crippen molar-refractivity contribution in [3.8, 4) is 78.7 Å². The molecule has 1 saturated carbocycles. The van der Waals surface area contributed by atoms with Crippen LogP contribution in [0, 0.1) is 0 Å². The Balaban J connectivity index is 0.812. The van der Waals surface area contributed by atoms with Gasteiger partial charge >= 0.3 is 0 Å². The average Bonchev–Trinajstić information content (AvgIpc) is 4.23. The summed E-state index contributed by atoms with van der Waals surface area (Å²) in [6.45, 7) is 0. The van der Waals surface area contributed by atoms with Gasteiger partial charge in [0.05, 0.1) is 33.5 Å². The molecule has 0 amide bonds. The zero-order valence-electron chi connectivity index (χ0n) is 44.4. The topological polar surface area (TPSA) is 35.6 Å². The Kier molecular flexibility index (Phi) is 11.7. The molecular weight excluding hydrogens is 969 g/mol. The van der Waals surface area contributed by atoms with Crippen LogP contribution in [0.4, 0.5) is 0 Å². The van der Waals surface area contributed by atoms with E-state index in [1.54, 1.807) is 0 Å². The van der Waals surface area contributed by atoms with Crippen molar-refractivity contribution in [2.75, 3.05) is 0 Å². The van der Waals surface area contributed by atoms with Crippen molar-refractivity contribution in [2.45, 2.75) is 37.5 Å². The summed E-state index contributed by atoms with van der Waals surface area (Å²) < 4.78 is 4.91. The summed E-state index contributed by atoms with van der Waals surface area (Å²) in [5, 5.41) is 5.01. The normalized spacial score (nSPS) is 13.3. The highest BCUT2D eigenvalue weighted by Gasteiger charge is 2.36. The standard InChI is InChI=1S/C76H56N4/c1-4-18-52(19-5-1)54-30-34-57(35-31-54)69-51-70(78-75(77-69)59-36-32-55(33-37-59)53-20-6-2-7-21-53)58-40-44-62(45-41-58)76(46-16-3-17-47-76)61-42-38-56(39-43-61)60-48-63(79-71-26-12-8-22-65(71)66-23-9-13-27-72(66)79)50-64(49-60)80-73-28-14-10-24-67(73)68-25-11-15-29-74(68)80/h1-2,4-15,18-45,48-51H,3,16-17,46-47H2. The number of aromatic nitrogens is 4. The van der Waals surface area contributed by atoms with E-state index in [1.165, 1.54) is 107 Å². The Hall–Kier alpha value is -9.90. The summed E-state index contributed by atoms with van der Waals surface area (Å²) in [4.78, 5) is 10.6. The molecule has 80 heavy (non-hydrogen) atoms. The lowest BCUT2D eigenvalue weighted by Crippen LogP contribution is -2.30. The van der Waals surface area contributed by atoms with Crippen molar-refractivity contribution >= 4 is 43.6 Å². The predicted octanol–water partition coefficient (Wildman–Crippen LogP) is 19.9. The van der Waals surface area contributed by atoms with Crippen LogP contribution in [0.3, 0.4) is 0 Å². The summed E-state index contributed by atoms with van der Waals surface area (Å²) >= 11 is 0. The second-order valence-corrected chi connectivity index (χ2v) is 21.6. The van der Waals surface area contributed by atoms with Gasteiger partial charge in [-0.25, -0.2) is 9.97 Å². The highest BCUT2D eigenvalue weighted by atomic mass is 15.0. The minimum Gasteiger partial charge on any atom is -0.309 e. The maximum absolute atomic E-state index is 5.31. The molecule has 0 bridgehead atoms. The molecule has 0 aliphatic heterocycles. The van der Waals surface area contributed by atoms with Gasteiger partial charge in [0.15, 0.2) is 5.82 Å². The zero-order chi connectivity index (χ0) is 53.0. The van der Waals surface area contributed by atoms with Gasteiger partial charge in [0.1, 0.15) is 0 Å². The monoisotopic (exact) mass is 1020 g/mol. The number of benzene rings is 11.